The average Bonchev–Trinajstić information content (AvgIpc) is 2.84. The Morgan fingerprint density at radius 2 is 2.35 bits per heavy atom. The number of pyridine rings is 1. The van der Waals surface area contributed by atoms with Crippen molar-refractivity contribution in [3.05, 3.63) is 29.6 Å². The molecular formula is C14H19N3. The quantitative estimate of drug-likeness (QED) is 0.862. The van der Waals surface area contributed by atoms with E-state index in [1.807, 2.05) is 6.20 Å². The van der Waals surface area contributed by atoms with Crippen molar-refractivity contribution < 1.29 is 0 Å². The predicted molar refractivity (Wildman–Crippen MR) is 67.2 cm³/mol. The van der Waals surface area contributed by atoms with Gasteiger partial charge in [0.15, 0.2) is 0 Å². The summed E-state index contributed by atoms with van der Waals surface area (Å²) in [6.45, 7) is 2.90. The molecule has 1 aromatic heterocycles. The molecule has 1 heterocycles. The summed E-state index contributed by atoms with van der Waals surface area (Å²) in [6.07, 6.45) is 6.28. The molecule has 3 nitrogen and oxygen atoms in total. The van der Waals surface area contributed by atoms with Crippen LogP contribution < -0.4 is 5.32 Å². The lowest BCUT2D eigenvalue weighted by Crippen LogP contribution is -2.31. The number of nitrogens with zero attached hydrogens (tertiary/aromatic N) is 2. The fraction of sp³-hybridized carbons (Fsp3) is 0.571. The molecule has 90 valence electrons. The van der Waals surface area contributed by atoms with E-state index in [0.717, 1.165) is 37.9 Å². The summed E-state index contributed by atoms with van der Waals surface area (Å²) in [4.78, 5) is 4.42. The van der Waals surface area contributed by atoms with E-state index in [0.29, 0.717) is 6.04 Å². The highest BCUT2D eigenvalue weighted by Gasteiger charge is 2.26. The number of hydrogen-bond acceptors (Lipinski definition) is 3. The number of hydrogen-bond donors (Lipinski definition) is 1. The second-order valence-corrected chi connectivity index (χ2v) is 4.67. The highest BCUT2D eigenvalue weighted by Crippen LogP contribution is 2.24. The molecule has 0 radical (unpaired) electrons. The zero-order chi connectivity index (χ0) is 12.1. The van der Waals surface area contributed by atoms with Crippen molar-refractivity contribution in [2.45, 2.75) is 45.2 Å². The molecule has 0 aliphatic heterocycles. The van der Waals surface area contributed by atoms with Crippen LogP contribution >= 0.6 is 0 Å². The van der Waals surface area contributed by atoms with Crippen LogP contribution in [0.1, 0.15) is 37.4 Å². The Balaban J connectivity index is 1.87. The molecule has 1 saturated carbocycles. The fourth-order valence-electron chi connectivity index (χ4n) is 2.36. The van der Waals surface area contributed by atoms with Crippen molar-refractivity contribution >= 4 is 0 Å². The summed E-state index contributed by atoms with van der Waals surface area (Å²) in [5, 5.41) is 12.4. The standard InChI is InChI=1S/C14H19N3/c1-2-11-6-7-13(16-9-11)10-17-14-5-3-4-12(14)8-15/h6-7,9,12,14,17H,2-5,10H2,1H3. The van der Waals surface area contributed by atoms with E-state index < -0.39 is 0 Å². The maximum Gasteiger partial charge on any atom is 0.0672 e. The van der Waals surface area contributed by atoms with Crippen LogP contribution in [0.5, 0.6) is 0 Å². The van der Waals surface area contributed by atoms with Crippen LogP contribution in [0, 0.1) is 17.2 Å². The molecule has 2 rings (SSSR count). The van der Waals surface area contributed by atoms with E-state index in [2.05, 4.69) is 35.4 Å². The minimum absolute atomic E-state index is 0.185. The molecule has 17 heavy (non-hydrogen) atoms. The third-order valence-electron chi connectivity index (χ3n) is 3.52. The Hall–Kier alpha value is -1.40. The van der Waals surface area contributed by atoms with Crippen molar-refractivity contribution in [1.29, 1.82) is 5.26 Å². The second-order valence-electron chi connectivity index (χ2n) is 4.67. The van der Waals surface area contributed by atoms with Crippen LogP contribution in [0.15, 0.2) is 18.3 Å². The fourth-order valence-corrected chi connectivity index (χ4v) is 2.36. The normalized spacial score (nSPS) is 23.5. The van der Waals surface area contributed by atoms with E-state index in [-0.39, 0.29) is 5.92 Å². The van der Waals surface area contributed by atoms with E-state index in [4.69, 9.17) is 5.26 Å². The summed E-state index contributed by atoms with van der Waals surface area (Å²) in [5.41, 5.74) is 2.33. The minimum Gasteiger partial charge on any atom is -0.307 e. The highest BCUT2D eigenvalue weighted by atomic mass is 14.9. The van der Waals surface area contributed by atoms with Gasteiger partial charge in [0.25, 0.3) is 0 Å². The van der Waals surface area contributed by atoms with Gasteiger partial charge in [0.05, 0.1) is 17.7 Å². The molecule has 2 atom stereocenters. The summed E-state index contributed by atoms with van der Waals surface area (Å²) >= 11 is 0. The smallest absolute Gasteiger partial charge is 0.0672 e. The number of rotatable bonds is 4. The molecule has 1 N–H and O–H groups in total. The first-order chi connectivity index (χ1) is 8.33. The van der Waals surface area contributed by atoms with Gasteiger partial charge in [-0.3, -0.25) is 4.98 Å². The van der Waals surface area contributed by atoms with Gasteiger partial charge >= 0.3 is 0 Å². The summed E-state index contributed by atoms with van der Waals surface area (Å²) in [5.74, 6) is 0.185. The Kier molecular flexibility index (Phi) is 4.11. The van der Waals surface area contributed by atoms with Gasteiger partial charge in [0.1, 0.15) is 0 Å². The first kappa shape index (κ1) is 12.1. The van der Waals surface area contributed by atoms with Crippen molar-refractivity contribution in [2.24, 2.45) is 5.92 Å². The zero-order valence-electron chi connectivity index (χ0n) is 10.3. The van der Waals surface area contributed by atoms with E-state index >= 15 is 0 Å². The lowest BCUT2D eigenvalue weighted by molar-refractivity contribution is 0.461. The first-order valence-electron chi connectivity index (χ1n) is 6.40. The first-order valence-corrected chi connectivity index (χ1v) is 6.40. The Labute approximate surface area is 103 Å². The molecule has 0 spiro atoms. The van der Waals surface area contributed by atoms with Gasteiger partial charge in [-0.1, -0.05) is 19.4 Å². The molecule has 0 saturated heterocycles. The second kappa shape index (κ2) is 5.79. The van der Waals surface area contributed by atoms with Gasteiger partial charge in [0.2, 0.25) is 0 Å². The average molecular weight is 229 g/mol. The summed E-state index contributed by atoms with van der Waals surface area (Å²) in [6, 6.07) is 6.94. The predicted octanol–water partition coefficient (Wildman–Crippen LogP) is 2.43. The number of aromatic nitrogens is 1. The molecule has 0 amide bonds. The van der Waals surface area contributed by atoms with Gasteiger partial charge in [-0.25, -0.2) is 0 Å². The van der Waals surface area contributed by atoms with E-state index in [9.17, 15) is 0 Å². The SMILES string of the molecule is CCc1ccc(CNC2CCCC2C#N)nc1. The molecule has 2 unspecified atom stereocenters. The molecule has 1 aliphatic carbocycles. The highest BCUT2D eigenvalue weighted by molar-refractivity contribution is 5.14. The summed E-state index contributed by atoms with van der Waals surface area (Å²) < 4.78 is 0. The van der Waals surface area contributed by atoms with Crippen LogP contribution in [0.25, 0.3) is 0 Å². The third kappa shape index (κ3) is 3.04. The van der Waals surface area contributed by atoms with Gasteiger partial charge in [0, 0.05) is 18.8 Å². The Bertz CT molecular complexity index is 391. The van der Waals surface area contributed by atoms with Gasteiger partial charge < -0.3 is 5.32 Å². The van der Waals surface area contributed by atoms with Gasteiger partial charge in [-0.2, -0.15) is 5.26 Å². The molecule has 1 aliphatic rings. The van der Waals surface area contributed by atoms with E-state index in [1.165, 1.54) is 5.56 Å². The van der Waals surface area contributed by atoms with Crippen LogP contribution in [0.4, 0.5) is 0 Å². The van der Waals surface area contributed by atoms with Crippen molar-refractivity contribution in [1.82, 2.24) is 10.3 Å². The van der Waals surface area contributed by atoms with Crippen LogP contribution in [-0.4, -0.2) is 11.0 Å². The number of nitrogens with one attached hydrogen (secondary N) is 1. The molecule has 1 fully saturated rings. The largest absolute Gasteiger partial charge is 0.307 e. The van der Waals surface area contributed by atoms with Crippen molar-refractivity contribution in [2.75, 3.05) is 0 Å². The minimum atomic E-state index is 0.185. The topological polar surface area (TPSA) is 48.7 Å². The molecular weight excluding hydrogens is 210 g/mol. The third-order valence-corrected chi connectivity index (χ3v) is 3.52. The molecule has 3 heteroatoms. The monoisotopic (exact) mass is 229 g/mol. The maximum atomic E-state index is 9.00. The number of aryl methyl sites for hydroxylation is 1. The lowest BCUT2D eigenvalue weighted by atomic mass is 10.1. The Morgan fingerprint density at radius 1 is 1.47 bits per heavy atom. The molecule has 0 aromatic carbocycles. The van der Waals surface area contributed by atoms with Gasteiger partial charge in [-0.15, -0.1) is 0 Å². The lowest BCUT2D eigenvalue weighted by Gasteiger charge is -2.15. The maximum absolute atomic E-state index is 9.00. The van der Waals surface area contributed by atoms with Crippen LogP contribution in [0.3, 0.4) is 0 Å². The van der Waals surface area contributed by atoms with Crippen molar-refractivity contribution in [3.8, 4) is 6.07 Å². The molecule has 1 aromatic rings. The van der Waals surface area contributed by atoms with Crippen molar-refractivity contribution in [3.63, 3.8) is 0 Å². The number of nitriles is 1. The Morgan fingerprint density at radius 3 is 3.00 bits per heavy atom. The van der Waals surface area contributed by atoms with Crippen LogP contribution in [0.2, 0.25) is 0 Å². The molecule has 0 bridgehead atoms. The zero-order valence-corrected chi connectivity index (χ0v) is 10.3. The van der Waals surface area contributed by atoms with Crippen LogP contribution in [-0.2, 0) is 13.0 Å². The van der Waals surface area contributed by atoms with E-state index in [1.54, 1.807) is 0 Å². The van der Waals surface area contributed by atoms with Gasteiger partial charge in [-0.05, 0) is 30.9 Å². The summed E-state index contributed by atoms with van der Waals surface area (Å²) in [7, 11) is 0.